The SMILES string of the molecule is Cc1cnn(CCNCC(C)(O)C(=O)O)c1. The fourth-order valence-electron chi connectivity index (χ4n) is 1.19. The van der Waals surface area contributed by atoms with E-state index in [1.165, 1.54) is 6.92 Å². The van der Waals surface area contributed by atoms with Gasteiger partial charge in [-0.25, -0.2) is 4.79 Å². The minimum absolute atomic E-state index is 0.0165. The maximum absolute atomic E-state index is 10.6. The van der Waals surface area contributed by atoms with Gasteiger partial charge >= 0.3 is 5.97 Å². The Hall–Kier alpha value is -1.40. The number of rotatable bonds is 6. The number of hydrogen-bond donors (Lipinski definition) is 3. The first-order valence-electron chi connectivity index (χ1n) is 5.07. The van der Waals surface area contributed by atoms with Gasteiger partial charge in [0.05, 0.1) is 12.7 Å². The second-order valence-electron chi connectivity index (χ2n) is 4.04. The fraction of sp³-hybridized carbons (Fsp3) is 0.600. The van der Waals surface area contributed by atoms with Crippen molar-refractivity contribution in [2.24, 2.45) is 0 Å². The number of nitrogens with zero attached hydrogens (tertiary/aromatic N) is 2. The van der Waals surface area contributed by atoms with Crippen molar-refractivity contribution in [2.75, 3.05) is 13.1 Å². The number of hydrogen-bond acceptors (Lipinski definition) is 4. The maximum Gasteiger partial charge on any atom is 0.336 e. The van der Waals surface area contributed by atoms with Gasteiger partial charge in [-0.3, -0.25) is 4.68 Å². The van der Waals surface area contributed by atoms with E-state index in [0.29, 0.717) is 13.1 Å². The Labute approximate surface area is 93.9 Å². The third-order valence-electron chi connectivity index (χ3n) is 2.21. The summed E-state index contributed by atoms with van der Waals surface area (Å²) in [6.07, 6.45) is 3.66. The van der Waals surface area contributed by atoms with E-state index in [-0.39, 0.29) is 6.54 Å². The smallest absolute Gasteiger partial charge is 0.336 e. The third kappa shape index (κ3) is 3.63. The summed E-state index contributed by atoms with van der Waals surface area (Å²) in [7, 11) is 0. The maximum atomic E-state index is 10.6. The van der Waals surface area contributed by atoms with Gasteiger partial charge in [0, 0.05) is 19.3 Å². The van der Waals surface area contributed by atoms with Crippen LogP contribution in [0.15, 0.2) is 12.4 Å². The van der Waals surface area contributed by atoms with Gasteiger partial charge in [-0.2, -0.15) is 5.10 Å². The van der Waals surface area contributed by atoms with Crippen molar-refractivity contribution in [3.8, 4) is 0 Å². The molecule has 3 N–H and O–H groups in total. The largest absolute Gasteiger partial charge is 0.479 e. The molecule has 0 spiro atoms. The molecule has 1 aromatic heterocycles. The molecule has 0 fully saturated rings. The van der Waals surface area contributed by atoms with Gasteiger partial charge in [0.25, 0.3) is 0 Å². The first kappa shape index (κ1) is 12.7. The molecule has 0 bridgehead atoms. The molecule has 1 atom stereocenters. The lowest BCUT2D eigenvalue weighted by atomic mass is 10.1. The van der Waals surface area contributed by atoms with Gasteiger partial charge in [-0.1, -0.05) is 0 Å². The summed E-state index contributed by atoms with van der Waals surface area (Å²) in [4.78, 5) is 10.6. The van der Waals surface area contributed by atoms with Gasteiger partial charge in [0.2, 0.25) is 0 Å². The van der Waals surface area contributed by atoms with Crippen LogP contribution in [0.5, 0.6) is 0 Å². The Balaban J connectivity index is 2.24. The van der Waals surface area contributed by atoms with Gasteiger partial charge in [-0.15, -0.1) is 0 Å². The lowest BCUT2D eigenvalue weighted by Crippen LogP contribution is -2.45. The summed E-state index contributed by atoms with van der Waals surface area (Å²) >= 11 is 0. The van der Waals surface area contributed by atoms with Crippen molar-refractivity contribution in [1.82, 2.24) is 15.1 Å². The van der Waals surface area contributed by atoms with Crippen molar-refractivity contribution < 1.29 is 15.0 Å². The van der Waals surface area contributed by atoms with E-state index in [1.54, 1.807) is 10.9 Å². The van der Waals surface area contributed by atoms with Crippen molar-refractivity contribution in [1.29, 1.82) is 0 Å². The monoisotopic (exact) mass is 227 g/mol. The number of aliphatic hydroxyl groups is 1. The molecule has 6 heteroatoms. The highest BCUT2D eigenvalue weighted by Gasteiger charge is 2.28. The quantitative estimate of drug-likeness (QED) is 0.576. The average Bonchev–Trinajstić information content (AvgIpc) is 2.59. The molecule has 0 aliphatic heterocycles. The predicted molar refractivity (Wildman–Crippen MR) is 58.1 cm³/mol. The molecule has 6 nitrogen and oxygen atoms in total. The Kier molecular flexibility index (Phi) is 4.03. The third-order valence-corrected chi connectivity index (χ3v) is 2.21. The molecular formula is C10H17N3O3. The Bertz CT molecular complexity index is 360. The number of carboxylic acid groups (broad SMARTS) is 1. The minimum Gasteiger partial charge on any atom is -0.479 e. The van der Waals surface area contributed by atoms with Crippen LogP contribution in [0.1, 0.15) is 12.5 Å². The predicted octanol–water partition coefficient (Wildman–Crippen LogP) is -0.383. The van der Waals surface area contributed by atoms with Crippen LogP contribution in [0.2, 0.25) is 0 Å². The molecule has 0 radical (unpaired) electrons. The highest BCUT2D eigenvalue weighted by atomic mass is 16.4. The van der Waals surface area contributed by atoms with Crippen LogP contribution in [0.3, 0.4) is 0 Å². The van der Waals surface area contributed by atoms with Gasteiger partial charge in [0.15, 0.2) is 5.60 Å². The van der Waals surface area contributed by atoms with Crippen LogP contribution in [0.4, 0.5) is 0 Å². The molecule has 0 amide bonds. The first-order chi connectivity index (χ1) is 7.42. The Morgan fingerprint density at radius 2 is 2.38 bits per heavy atom. The van der Waals surface area contributed by atoms with Crippen molar-refractivity contribution in [2.45, 2.75) is 26.0 Å². The second-order valence-corrected chi connectivity index (χ2v) is 4.04. The summed E-state index contributed by atoms with van der Waals surface area (Å²) in [6.45, 7) is 4.43. The highest BCUT2D eigenvalue weighted by Crippen LogP contribution is 2.00. The molecule has 0 aliphatic rings. The van der Waals surface area contributed by atoms with E-state index in [0.717, 1.165) is 5.56 Å². The average molecular weight is 227 g/mol. The number of aryl methyl sites for hydroxylation is 1. The highest BCUT2D eigenvalue weighted by molar-refractivity contribution is 5.76. The van der Waals surface area contributed by atoms with E-state index in [2.05, 4.69) is 10.4 Å². The first-order valence-corrected chi connectivity index (χ1v) is 5.07. The number of carboxylic acids is 1. The molecule has 0 saturated heterocycles. The van der Waals surface area contributed by atoms with E-state index in [4.69, 9.17) is 5.11 Å². The zero-order valence-corrected chi connectivity index (χ0v) is 9.47. The number of aromatic nitrogens is 2. The summed E-state index contributed by atoms with van der Waals surface area (Å²) < 4.78 is 1.76. The summed E-state index contributed by atoms with van der Waals surface area (Å²) in [5.74, 6) is -1.23. The minimum atomic E-state index is -1.72. The fourth-order valence-corrected chi connectivity index (χ4v) is 1.19. The molecule has 0 aliphatic carbocycles. The molecular weight excluding hydrogens is 210 g/mol. The summed E-state index contributed by atoms with van der Waals surface area (Å²) in [5.41, 5.74) is -0.641. The van der Waals surface area contributed by atoms with Crippen LogP contribution in [0, 0.1) is 6.92 Å². The van der Waals surface area contributed by atoms with Gasteiger partial charge in [-0.05, 0) is 19.4 Å². The summed E-state index contributed by atoms with van der Waals surface area (Å²) in [5, 5.41) is 25.0. The van der Waals surface area contributed by atoms with E-state index >= 15 is 0 Å². The number of aliphatic carboxylic acids is 1. The lowest BCUT2D eigenvalue weighted by Gasteiger charge is -2.18. The van der Waals surface area contributed by atoms with Crippen LogP contribution < -0.4 is 5.32 Å². The van der Waals surface area contributed by atoms with Crippen LogP contribution in [-0.4, -0.2) is 44.7 Å². The Morgan fingerprint density at radius 3 is 2.88 bits per heavy atom. The lowest BCUT2D eigenvalue weighted by molar-refractivity contribution is -0.156. The second kappa shape index (κ2) is 5.09. The van der Waals surface area contributed by atoms with E-state index < -0.39 is 11.6 Å². The van der Waals surface area contributed by atoms with Gasteiger partial charge < -0.3 is 15.5 Å². The summed E-state index contributed by atoms with van der Waals surface area (Å²) in [6, 6.07) is 0. The van der Waals surface area contributed by atoms with Crippen molar-refractivity contribution in [3.05, 3.63) is 18.0 Å². The van der Waals surface area contributed by atoms with E-state index in [9.17, 15) is 9.90 Å². The molecule has 16 heavy (non-hydrogen) atoms. The number of nitrogens with one attached hydrogen (secondary N) is 1. The Morgan fingerprint density at radius 1 is 1.69 bits per heavy atom. The van der Waals surface area contributed by atoms with E-state index in [1.807, 2.05) is 13.1 Å². The standard InChI is InChI=1S/C10H17N3O3/c1-8-5-12-13(6-8)4-3-11-7-10(2,16)9(14)15/h5-6,11,16H,3-4,7H2,1-2H3,(H,14,15). The molecule has 0 aromatic carbocycles. The molecule has 90 valence electrons. The number of carbonyl (C=O) groups is 1. The van der Waals surface area contributed by atoms with Gasteiger partial charge in [0.1, 0.15) is 0 Å². The van der Waals surface area contributed by atoms with Crippen molar-refractivity contribution in [3.63, 3.8) is 0 Å². The zero-order chi connectivity index (χ0) is 12.2. The molecule has 1 unspecified atom stereocenters. The molecule has 1 aromatic rings. The zero-order valence-electron chi connectivity index (χ0n) is 9.47. The normalized spacial score (nSPS) is 14.7. The van der Waals surface area contributed by atoms with Crippen molar-refractivity contribution >= 4 is 5.97 Å². The van der Waals surface area contributed by atoms with Crippen LogP contribution in [0.25, 0.3) is 0 Å². The van der Waals surface area contributed by atoms with Crippen LogP contribution >= 0.6 is 0 Å². The molecule has 1 heterocycles. The molecule has 1 rings (SSSR count). The van der Waals surface area contributed by atoms with Crippen LogP contribution in [-0.2, 0) is 11.3 Å². The molecule has 0 saturated carbocycles. The topological polar surface area (TPSA) is 87.4 Å².